The Morgan fingerprint density at radius 1 is 1.23 bits per heavy atom. The molecule has 2 fully saturated rings. The fraction of sp³-hybridized carbons (Fsp3) is 0.545. The summed E-state index contributed by atoms with van der Waals surface area (Å²) in [5.74, 6) is 1.52. The van der Waals surface area contributed by atoms with Crippen molar-refractivity contribution in [1.29, 1.82) is 0 Å². The van der Waals surface area contributed by atoms with Crippen LogP contribution in [0.3, 0.4) is 0 Å². The average Bonchev–Trinajstić information content (AvgIpc) is 3.48. The zero-order valence-electron chi connectivity index (χ0n) is 17.3. The summed E-state index contributed by atoms with van der Waals surface area (Å²) < 4.78 is 11.1. The van der Waals surface area contributed by atoms with E-state index >= 15 is 0 Å². The van der Waals surface area contributed by atoms with Gasteiger partial charge in [0.1, 0.15) is 5.75 Å². The molecule has 1 aromatic carbocycles. The number of hydrogen-bond acceptors (Lipinski definition) is 6. The lowest BCUT2D eigenvalue weighted by Gasteiger charge is -2.16. The highest BCUT2D eigenvalue weighted by Gasteiger charge is 2.35. The summed E-state index contributed by atoms with van der Waals surface area (Å²) >= 11 is 0. The van der Waals surface area contributed by atoms with Crippen LogP contribution in [0.25, 0.3) is 0 Å². The molecule has 1 saturated heterocycles. The van der Waals surface area contributed by atoms with Crippen molar-refractivity contribution in [1.82, 2.24) is 10.2 Å². The predicted molar refractivity (Wildman–Crippen MR) is 111 cm³/mol. The van der Waals surface area contributed by atoms with Crippen LogP contribution in [-0.2, 0) is 9.59 Å². The maximum atomic E-state index is 12.5. The number of ether oxygens (including phenoxy) is 1. The van der Waals surface area contributed by atoms with E-state index in [0.717, 1.165) is 17.9 Å². The predicted octanol–water partition coefficient (Wildman–Crippen LogP) is 3.90. The number of nitrogens with one attached hydrogen (secondary N) is 1. The Labute approximate surface area is 176 Å². The van der Waals surface area contributed by atoms with Crippen LogP contribution in [-0.4, -0.2) is 35.2 Å². The average molecular weight is 412 g/mol. The minimum Gasteiger partial charge on any atom is -0.494 e. The van der Waals surface area contributed by atoms with Crippen molar-refractivity contribution in [3.05, 3.63) is 30.2 Å². The van der Waals surface area contributed by atoms with Crippen molar-refractivity contribution in [3.8, 4) is 5.75 Å². The molecule has 8 nitrogen and oxygen atoms in total. The quantitative estimate of drug-likeness (QED) is 0.706. The largest absolute Gasteiger partial charge is 0.494 e. The first-order chi connectivity index (χ1) is 14.6. The molecule has 1 N–H and O–H groups in total. The monoisotopic (exact) mass is 412 g/mol. The maximum Gasteiger partial charge on any atom is 0.322 e. The van der Waals surface area contributed by atoms with Gasteiger partial charge in [-0.2, -0.15) is 0 Å². The van der Waals surface area contributed by atoms with Gasteiger partial charge in [0.05, 0.1) is 12.5 Å². The van der Waals surface area contributed by atoms with E-state index in [0.29, 0.717) is 37.8 Å². The number of hydrogen-bond donors (Lipinski definition) is 1. The zero-order valence-corrected chi connectivity index (χ0v) is 17.3. The van der Waals surface area contributed by atoms with Gasteiger partial charge in [0.15, 0.2) is 0 Å². The highest BCUT2D eigenvalue weighted by Crippen LogP contribution is 2.33. The van der Waals surface area contributed by atoms with Crippen molar-refractivity contribution in [2.45, 2.75) is 57.8 Å². The van der Waals surface area contributed by atoms with E-state index in [4.69, 9.17) is 9.15 Å². The molecule has 2 heterocycles. The van der Waals surface area contributed by atoms with Gasteiger partial charge in [0, 0.05) is 25.1 Å². The lowest BCUT2D eigenvalue weighted by atomic mass is 10.0. The number of benzene rings is 1. The van der Waals surface area contributed by atoms with Gasteiger partial charge in [-0.1, -0.05) is 30.8 Å². The van der Waals surface area contributed by atoms with Crippen molar-refractivity contribution >= 4 is 23.5 Å². The summed E-state index contributed by atoms with van der Waals surface area (Å²) in [5, 5.41) is 10.7. The topological polar surface area (TPSA) is 97.6 Å². The third-order valence-corrected chi connectivity index (χ3v) is 5.88. The number of aromatic nitrogens is 2. The molecule has 0 unspecified atom stereocenters. The number of amides is 2. The minimum atomic E-state index is -0.194. The first-order valence-electron chi connectivity index (χ1n) is 10.8. The highest BCUT2D eigenvalue weighted by atomic mass is 16.5. The van der Waals surface area contributed by atoms with E-state index in [1.54, 1.807) is 4.90 Å². The van der Waals surface area contributed by atoms with Crippen LogP contribution in [0, 0.1) is 5.92 Å². The second-order valence-corrected chi connectivity index (χ2v) is 8.02. The van der Waals surface area contributed by atoms with Crippen LogP contribution >= 0.6 is 0 Å². The standard InChI is InChI=1S/C22H28N4O4/c1-2-29-18-10-8-17(9-11-18)26-14-16(13-20(26)28)21-24-25-22(30-21)23-19(27)12-7-15-5-3-4-6-15/h8-11,15-16H,2-7,12-14H2,1H3,(H,23,25,27)/t16-/m1/s1. The molecule has 0 spiro atoms. The lowest BCUT2D eigenvalue weighted by Crippen LogP contribution is -2.24. The Morgan fingerprint density at radius 3 is 2.73 bits per heavy atom. The second kappa shape index (κ2) is 9.28. The summed E-state index contributed by atoms with van der Waals surface area (Å²) in [7, 11) is 0. The molecule has 4 rings (SSSR count). The Balaban J connectivity index is 1.32. The number of carbonyl (C=O) groups is 2. The molecule has 0 radical (unpaired) electrons. The van der Waals surface area contributed by atoms with E-state index in [2.05, 4.69) is 15.5 Å². The van der Waals surface area contributed by atoms with E-state index in [1.807, 2.05) is 31.2 Å². The van der Waals surface area contributed by atoms with Gasteiger partial charge < -0.3 is 14.1 Å². The molecule has 2 aliphatic rings. The number of anilines is 2. The zero-order chi connectivity index (χ0) is 20.9. The van der Waals surface area contributed by atoms with Gasteiger partial charge in [0.25, 0.3) is 0 Å². The third-order valence-electron chi connectivity index (χ3n) is 5.88. The van der Waals surface area contributed by atoms with Crippen molar-refractivity contribution in [2.24, 2.45) is 5.92 Å². The SMILES string of the molecule is CCOc1ccc(N2C[C@H](c3nnc(NC(=O)CCC4CCCC4)o3)CC2=O)cc1. The molecule has 160 valence electrons. The van der Waals surface area contributed by atoms with E-state index < -0.39 is 0 Å². The van der Waals surface area contributed by atoms with Gasteiger partial charge in [0.2, 0.25) is 17.7 Å². The Kier molecular flexibility index (Phi) is 6.30. The minimum absolute atomic E-state index is 0.00418. The van der Waals surface area contributed by atoms with Crippen LogP contribution in [0.4, 0.5) is 11.7 Å². The summed E-state index contributed by atoms with van der Waals surface area (Å²) in [4.78, 5) is 26.4. The van der Waals surface area contributed by atoms with Gasteiger partial charge in [-0.3, -0.25) is 14.9 Å². The lowest BCUT2D eigenvalue weighted by molar-refractivity contribution is -0.117. The molecule has 2 amide bonds. The van der Waals surface area contributed by atoms with Gasteiger partial charge >= 0.3 is 6.01 Å². The molecular weight excluding hydrogens is 384 g/mol. The third kappa shape index (κ3) is 4.80. The molecule has 1 aliphatic heterocycles. The maximum absolute atomic E-state index is 12.5. The van der Waals surface area contributed by atoms with Gasteiger partial charge in [-0.05, 0) is 43.5 Å². The number of carbonyl (C=O) groups excluding carboxylic acids is 2. The Bertz CT molecular complexity index is 874. The Morgan fingerprint density at radius 2 is 2.00 bits per heavy atom. The van der Waals surface area contributed by atoms with Crippen molar-refractivity contribution < 1.29 is 18.7 Å². The molecule has 2 aromatic rings. The van der Waals surface area contributed by atoms with E-state index in [1.165, 1.54) is 25.7 Å². The fourth-order valence-corrected chi connectivity index (χ4v) is 4.28. The molecule has 1 saturated carbocycles. The van der Waals surface area contributed by atoms with E-state index in [-0.39, 0.29) is 23.7 Å². The van der Waals surface area contributed by atoms with Crippen LogP contribution in [0.5, 0.6) is 5.75 Å². The summed E-state index contributed by atoms with van der Waals surface area (Å²) in [6.07, 6.45) is 6.65. The molecule has 1 atom stereocenters. The number of nitrogens with zero attached hydrogens (tertiary/aromatic N) is 3. The first-order valence-corrected chi connectivity index (χ1v) is 10.8. The summed E-state index contributed by atoms with van der Waals surface area (Å²) in [5.41, 5.74) is 0.811. The highest BCUT2D eigenvalue weighted by molar-refractivity contribution is 5.96. The first kappa shape index (κ1) is 20.4. The molecule has 8 heteroatoms. The number of rotatable bonds is 8. The fourth-order valence-electron chi connectivity index (χ4n) is 4.28. The Hall–Kier alpha value is -2.90. The summed E-state index contributed by atoms with van der Waals surface area (Å²) in [6.45, 7) is 2.99. The molecule has 1 aromatic heterocycles. The molecule has 1 aliphatic carbocycles. The molecule has 30 heavy (non-hydrogen) atoms. The van der Waals surface area contributed by atoms with Gasteiger partial charge in [-0.25, -0.2) is 0 Å². The smallest absolute Gasteiger partial charge is 0.322 e. The van der Waals surface area contributed by atoms with Gasteiger partial charge in [-0.15, -0.1) is 5.10 Å². The van der Waals surface area contributed by atoms with Crippen molar-refractivity contribution in [2.75, 3.05) is 23.4 Å². The summed E-state index contributed by atoms with van der Waals surface area (Å²) in [6, 6.07) is 7.55. The second-order valence-electron chi connectivity index (χ2n) is 8.02. The normalized spacial score (nSPS) is 19.4. The van der Waals surface area contributed by atoms with Crippen LogP contribution in [0.2, 0.25) is 0 Å². The molecule has 0 bridgehead atoms. The van der Waals surface area contributed by atoms with E-state index in [9.17, 15) is 9.59 Å². The van der Waals surface area contributed by atoms with Crippen LogP contribution in [0.15, 0.2) is 28.7 Å². The van der Waals surface area contributed by atoms with Crippen molar-refractivity contribution in [3.63, 3.8) is 0 Å². The van der Waals surface area contributed by atoms with Crippen LogP contribution < -0.4 is 15.0 Å². The molecular formula is C22H28N4O4. The van der Waals surface area contributed by atoms with Crippen LogP contribution in [0.1, 0.15) is 63.7 Å².